The monoisotopic (exact) mass is 362 g/mol. The lowest BCUT2D eigenvalue weighted by atomic mass is 9.89. The van der Waals surface area contributed by atoms with Crippen molar-refractivity contribution >= 4 is 15.9 Å². The van der Waals surface area contributed by atoms with Gasteiger partial charge in [-0.05, 0) is 30.2 Å². The third-order valence-electron chi connectivity index (χ3n) is 4.49. The number of hydrogen-bond acceptors (Lipinski definition) is 2. The molecule has 0 unspecified atom stereocenters. The Kier molecular flexibility index (Phi) is 4.91. The minimum atomic E-state index is -0.151. The summed E-state index contributed by atoms with van der Waals surface area (Å²) in [5, 5.41) is 0. The largest absolute Gasteiger partial charge is 0.330 e. The average Bonchev–Trinajstić information content (AvgIpc) is 2.95. The van der Waals surface area contributed by atoms with Crippen LogP contribution in [-0.4, -0.2) is 24.5 Å². The van der Waals surface area contributed by atoms with E-state index < -0.39 is 0 Å². The van der Waals surface area contributed by atoms with Crippen molar-refractivity contribution in [2.45, 2.75) is 12.5 Å². The molecule has 1 saturated heterocycles. The molecule has 116 valence electrons. The van der Waals surface area contributed by atoms with Crippen molar-refractivity contribution in [2.75, 3.05) is 19.6 Å². The van der Waals surface area contributed by atoms with E-state index in [2.05, 4.69) is 45.1 Å². The van der Waals surface area contributed by atoms with Crippen molar-refractivity contribution in [2.24, 2.45) is 11.7 Å². The first-order valence-corrected chi connectivity index (χ1v) is 8.38. The predicted octanol–water partition coefficient (Wildman–Crippen LogP) is 3.76. The van der Waals surface area contributed by atoms with E-state index in [9.17, 15) is 4.39 Å². The fourth-order valence-corrected chi connectivity index (χ4v) is 3.78. The summed E-state index contributed by atoms with van der Waals surface area (Å²) >= 11 is 3.46. The number of nitrogens with zero attached hydrogens (tertiary/aromatic N) is 1. The van der Waals surface area contributed by atoms with Gasteiger partial charge < -0.3 is 5.73 Å². The molecule has 0 amide bonds. The molecule has 0 aromatic heterocycles. The fraction of sp³-hybridized carbons (Fsp3) is 0.333. The molecule has 2 nitrogen and oxygen atoms in total. The van der Waals surface area contributed by atoms with Crippen molar-refractivity contribution < 1.29 is 4.39 Å². The third kappa shape index (κ3) is 3.24. The lowest BCUT2D eigenvalue weighted by molar-refractivity contribution is 0.311. The number of likely N-dealkylation sites (tertiary alicyclic amines) is 1. The van der Waals surface area contributed by atoms with Gasteiger partial charge in [-0.15, -0.1) is 0 Å². The summed E-state index contributed by atoms with van der Waals surface area (Å²) in [6.07, 6.45) is 0. The standard InChI is InChI=1S/C18H20BrFN2/c19-17-7-4-8-18(20)16(17)12-22-10-14(9-21)15(11-22)13-5-2-1-3-6-13/h1-8,14-15H,9-12,21H2/t14-,15+/m1/s1. The van der Waals surface area contributed by atoms with Gasteiger partial charge in [0.15, 0.2) is 0 Å². The molecule has 0 saturated carbocycles. The zero-order valence-electron chi connectivity index (χ0n) is 12.4. The van der Waals surface area contributed by atoms with E-state index in [1.54, 1.807) is 6.07 Å². The molecule has 1 fully saturated rings. The highest BCUT2D eigenvalue weighted by molar-refractivity contribution is 9.10. The Hall–Kier alpha value is -1.23. The molecule has 1 heterocycles. The van der Waals surface area contributed by atoms with Crippen LogP contribution in [0.2, 0.25) is 0 Å². The maximum Gasteiger partial charge on any atom is 0.128 e. The summed E-state index contributed by atoms with van der Waals surface area (Å²) in [4.78, 5) is 2.30. The maximum absolute atomic E-state index is 14.0. The van der Waals surface area contributed by atoms with Crippen LogP contribution < -0.4 is 5.73 Å². The Bertz CT molecular complexity index is 612. The van der Waals surface area contributed by atoms with E-state index in [1.165, 1.54) is 11.6 Å². The molecule has 1 aliphatic rings. The van der Waals surface area contributed by atoms with Gasteiger partial charge in [0.05, 0.1) is 0 Å². The normalized spacial score (nSPS) is 22.1. The van der Waals surface area contributed by atoms with E-state index in [0.29, 0.717) is 24.9 Å². The number of halogens is 2. The third-order valence-corrected chi connectivity index (χ3v) is 5.23. The molecule has 0 spiro atoms. The molecular weight excluding hydrogens is 343 g/mol. The van der Waals surface area contributed by atoms with Crippen LogP contribution in [0.15, 0.2) is 53.0 Å². The molecule has 2 atom stereocenters. The molecular formula is C18H20BrFN2. The Labute approximate surface area is 139 Å². The number of hydrogen-bond donors (Lipinski definition) is 1. The first-order chi connectivity index (χ1) is 10.7. The Balaban J connectivity index is 1.77. The van der Waals surface area contributed by atoms with Crippen LogP contribution in [0, 0.1) is 11.7 Å². The van der Waals surface area contributed by atoms with Crippen molar-refractivity contribution in [1.82, 2.24) is 4.90 Å². The Morgan fingerprint density at radius 3 is 2.55 bits per heavy atom. The van der Waals surface area contributed by atoms with Crippen LogP contribution in [0.25, 0.3) is 0 Å². The first kappa shape index (κ1) is 15.7. The van der Waals surface area contributed by atoms with Crippen LogP contribution in [0.5, 0.6) is 0 Å². The SMILES string of the molecule is NC[C@@H]1CN(Cc2c(F)cccc2Br)C[C@H]1c1ccccc1. The van der Waals surface area contributed by atoms with Gasteiger partial charge in [0.25, 0.3) is 0 Å². The maximum atomic E-state index is 14.0. The first-order valence-electron chi connectivity index (χ1n) is 7.59. The quantitative estimate of drug-likeness (QED) is 0.896. The summed E-state index contributed by atoms with van der Waals surface area (Å²) in [6.45, 7) is 3.12. The average molecular weight is 363 g/mol. The summed E-state index contributed by atoms with van der Waals surface area (Å²) in [6, 6.07) is 15.6. The van der Waals surface area contributed by atoms with Crippen molar-refractivity contribution in [3.05, 3.63) is 69.9 Å². The molecule has 0 radical (unpaired) electrons. The molecule has 1 aliphatic heterocycles. The van der Waals surface area contributed by atoms with Gasteiger partial charge in [-0.1, -0.05) is 52.3 Å². The van der Waals surface area contributed by atoms with Gasteiger partial charge in [0.1, 0.15) is 5.82 Å². The number of nitrogens with two attached hydrogens (primary N) is 1. The zero-order valence-corrected chi connectivity index (χ0v) is 14.0. The fourth-order valence-electron chi connectivity index (χ4n) is 3.31. The van der Waals surface area contributed by atoms with Gasteiger partial charge >= 0.3 is 0 Å². The molecule has 22 heavy (non-hydrogen) atoms. The van der Waals surface area contributed by atoms with E-state index in [-0.39, 0.29) is 5.82 Å². The van der Waals surface area contributed by atoms with Gasteiger partial charge in [0, 0.05) is 35.6 Å². The topological polar surface area (TPSA) is 29.3 Å². The zero-order chi connectivity index (χ0) is 15.5. The molecule has 2 aromatic carbocycles. The van der Waals surface area contributed by atoms with E-state index in [1.807, 2.05) is 12.1 Å². The minimum Gasteiger partial charge on any atom is -0.330 e. The Morgan fingerprint density at radius 2 is 1.86 bits per heavy atom. The van der Waals surface area contributed by atoms with E-state index >= 15 is 0 Å². The second-order valence-corrected chi connectivity index (χ2v) is 6.76. The summed E-state index contributed by atoms with van der Waals surface area (Å²) in [7, 11) is 0. The lowest BCUT2D eigenvalue weighted by Gasteiger charge is -2.17. The summed E-state index contributed by atoms with van der Waals surface area (Å²) in [5.41, 5.74) is 8.02. The minimum absolute atomic E-state index is 0.151. The molecule has 2 aromatic rings. The lowest BCUT2D eigenvalue weighted by Crippen LogP contribution is -2.23. The summed E-state index contributed by atoms with van der Waals surface area (Å²) in [5.74, 6) is 0.700. The van der Waals surface area contributed by atoms with Crippen molar-refractivity contribution in [1.29, 1.82) is 0 Å². The molecule has 0 aliphatic carbocycles. The van der Waals surface area contributed by atoms with Crippen LogP contribution in [0.3, 0.4) is 0 Å². The number of rotatable bonds is 4. The van der Waals surface area contributed by atoms with Crippen LogP contribution in [0.1, 0.15) is 17.0 Å². The van der Waals surface area contributed by atoms with Crippen LogP contribution in [0.4, 0.5) is 4.39 Å². The molecule has 4 heteroatoms. The van der Waals surface area contributed by atoms with Gasteiger partial charge in [-0.2, -0.15) is 0 Å². The van der Waals surface area contributed by atoms with Gasteiger partial charge in [0.2, 0.25) is 0 Å². The molecule has 3 rings (SSSR count). The highest BCUT2D eigenvalue weighted by atomic mass is 79.9. The van der Waals surface area contributed by atoms with Crippen LogP contribution >= 0.6 is 15.9 Å². The smallest absolute Gasteiger partial charge is 0.128 e. The summed E-state index contributed by atoms with van der Waals surface area (Å²) < 4.78 is 14.9. The van der Waals surface area contributed by atoms with E-state index in [0.717, 1.165) is 23.1 Å². The van der Waals surface area contributed by atoms with Gasteiger partial charge in [-0.25, -0.2) is 4.39 Å². The molecule has 0 bridgehead atoms. The predicted molar refractivity (Wildman–Crippen MR) is 91.1 cm³/mol. The van der Waals surface area contributed by atoms with Crippen molar-refractivity contribution in [3.8, 4) is 0 Å². The van der Waals surface area contributed by atoms with Crippen molar-refractivity contribution in [3.63, 3.8) is 0 Å². The second kappa shape index (κ2) is 6.90. The Morgan fingerprint density at radius 1 is 1.09 bits per heavy atom. The highest BCUT2D eigenvalue weighted by Gasteiger charge is 2.33. The molecule has 2 N–H and O–H groups in total. The highest BCUT2D eigenvalue weighted by Crippen LogP contribution is 2.33. The second-order valence-electron chi connectivity index (χ2n) is 5.91. The van der Waals surface area contributed by atoms with Gasteiger partial charge in [-0.3, -0.25) is 4.90 Å². The number of benzene rings is 2. The van der Waals surface area contributed by atoms with E-state index in [4.69, 9.17) is 5.73 Å². The van der Waals surface area contributed by atoms with Crippen LogP contribution in [-0.2, 0) is 6.54 Å².